The summed E-state index contributed by atoms with van der Waals surface area (Å²) in [7, 11) is 0. The number of fused-ring (bicyclic) bond motifs is 1. The molecule has 0 aliphatic carbocycles. The van der Waals surface area contributed by atoms with Gasteiger partial charge in [0.05, 0.1) is 12.3 Å². The minimum atomic E-state index is -0.270. The van der Waals surface area contributed by atoms with E-state index in [1.807, 2.05) is 20.8 Å². The van der Waals surface area contributed by atoms with Crippen molar-refractivity contribution in [2.24, 2.45) is 0 Å². The first-order valence-electron chi connectivity index (χ1n) is 7.50. The van der Waals surface area contributed by atoms with Gasteiger partial charge in [0, 0.05) is 23.4 Å². The summed E-state index contributed by atoms with van der Waals surface area (Å²) in [5, 5.41) is 16.9. The van der Waals surface area contributed by atoms with E-state index in [-0.39, 0.29) is 12.4 Å². The summed E-state index contributed by atoms with van der Waals surface area (Å²) in [5.41, 5.74) is 5.18. The zero-order valence-corrected chi connectivity index (χ0v) is 13.4. The van der Waals surface area contributed by atoms with Gasteiger partial charge in [0.15, 0.2) is 5.65 Å². The SMILES string of the molecule is Cc1nc2c(-c3ccc(F)cc3)c(C)nn2c(NCCO)c1C. The molecule has 2 heterocycles. The Kier molecular flexibility index (Phi) is 4.00. The molecule has 0 saturated heterocycles. The van der Waals surface area contributed by atoms with Gasteiger partial charge in [0.25, 0.3) is 0 Å². The van der Waals surface area contributed by atoms with Crippen LogP contribution >= 0.6 is 0 Å². The van der Waals surface area contributed by atoms with Gasteiger partial charge in [0.2, 0.25) is 0 Å². The van der Waals surface area contributed by atoms with Crippen LogP contribution in [0.3, 0.4) is 0 Å². The summed E-state index contributed by atoms with van der Waals surface area (Å²) in [6.07, 6.45) is 0. The average Bonchev–Trinajstić information content (AvgIpc) is 2.85. The number of rotatable bonds is 4. The van der Waals surface area contributed by atoms with Crippen molar-refractivity contribution in [2.45, 2.75) is 20.8 Å². The average molecular weight is 314 g/mol. The molecule has 0 saturated carbocycles. The standard InChI is InChI=1S/C17H19FN4O/c1-10-11(2)20-17-15(13-4-6-14(18)7-5-13)12(3)21-22(17)16(10)19-8-9-23/h4-7,19,23H,8-9H2,1-3H3. The Balaban J connectivity index is 2.26. The van der Waals surface area contributed by atoms with E-state index in [0.717, 1.165) is 39.5 Å². The van der Waals surface area contributed by atoms with Crippen LogP contribution in [-0.4, -0.2) is 32.9 Å². The summed E-state index contributed by atoms with van der Waals surface area (Å²) in [5.74, 6) is 0.547. The zero-order valence-electron chi connectivity index (χ0n) is 13.4. The highest BCUT2D eigenvalue weighted by atomic mass is 19.1. The van der Waals surface area contributed by atoms with Gasteiger partial charge in [-0.2, -0.15) is 9.61 Å². The molecular formula is C17H19FN4O. The van der Waals surface area contributed by atoms with Crippen molar-refractivity contribution in [3.05, 3.63) is 47.0 Å². The van der Waals surface area contributed by atoms with E-state index in [2.05, 4.69) is 15.4 Å². The molecule has 3 aromatic rings. The maximum atomic E-state index is 13.2. The number of nitrogens with zero attached hydrogens (tertiary/aromatic N) is 3. The Morgan fingerprint density at radius 2 is 1.83 bits per heavy atom. The second-order valence-electron chi connectivity index (χ2n) is 5.52. The first-order chi connectivity index (χ1) is 11.0. The highest BCUT2D eigenvalue weighted by Crippen LogP contribution is 2.30. The lowest BCUT2D eigenvalue weighted by Crippen LogP contribution is -2.13. The molecule has 0 radical (unpaired) electrons. The van der Waals surface area contributed by atoms with E-state index in [4.69, 9.17) is 5.11 Å². The Hall–Kier alpha value is -2.47. The summed E-state index contributed by atoms with van der Waals surface area (Å²) < 4.78 is 14.9. The second kappa shape index (κ2) is 5.96. The fraction of sp³-hybridized carbons (Fsp3) is 0.294. The van der Waals surface area contributed by atoms with Crippen molar-refractivity contribution in [1.82, 2.24) is 14.6 Å². The number of hydrogen-bond donors (Lipinski definition) is 2. The lowest BCUT2D eigenvalue weighted by molar-refractivity contribution is 0.311. The van der Waals surface area contributed by atoms with E-state index >= 15 is 0 Å². The van der Waals surface area contributed by atoms with Crippen molar-refractivity contribution >= 4 is 11.5 Å². The molecule has 0 fully saturated rings. The van der Waals surface area contributed by atoms with E-state index in [9.17, 15) is 4.39 Å². The number of aryl methyl sites for hydroxylation is 2. The van der Waals surface area contributed by atoms with Crippen LogP contribution in [-0.2, 0) is 0 Å². The van der Waals surface area contributed by atoms with Gasteiger partial charge < -0.3 is 10.4 Å². The molecule has 0 bridgehead atoms. The van der Waals surface area contributed by atoms with Crippen molar-refractivity contribution in [1.29, 1.82) is 0 Å². The largest absolute Gasteiger partial charge is 0.395 e. The maximum absolute atomic E-state index is 13.2. The molecule has 3 rings (SSSR count). The van der Waals surface area contributed by atoms with Crippen molar-refractivity contribution in [3.8, 4) is 11.1 Å². The fourth-order valence-electron chi connectivity index (χ4n) is 2.68. The molecule has 120 valence electrons. The Bertz CT molecular complexity index is 855. The Labute approximate surface area is 133 Å². The number of aliphatic hydroxyl groups excluding tert-OH is 1. The van der Waals surface area contributed by atoms with Crippen LogP contribution in [0.25, 0.3) is 16.8 Å². The van der Waals surface area contributed by atoms with Gasteiger partial charge in [-0.1, -0.05) is 12.1 Å². The number of aliphatic hydroxyl groups is 1. The van der Waals surface area contributed by atoms with Gasteiger partial charge in [-0.25, -0.2) is 9.37 Å². The number of anilines is 1. The molecule has 0 unspecified atom stereocenters. The first kappa shape index (κ1) is 15.4. The highest BCUT2D eigenvalue weighted by molar-refractivity contribution is 5.81. The van der Waals surface area contributed by atoms with Gasteiger partial charge >= 0.3 is 0 Å². The zero-order chi connectivity index (χ0) is 16.6. The fourth-order valence-corrected chi connectivity index (χ4v) is 2.68. The normalized spacial score (nSPS) is 11.2. The number of aromatic nitrogens is 3. The van der Waals surface area contributed by atoms with E-state index in [1.54, 1.807) is 16.6 Å². The summed E-state index contributed by atoms with van der Waals surface area (Å²) in [6.45, 7) is 6.29. The van der Waals surface area contributed by atoms with Crippen molar-refractivity contribution in [3.63, 3.8) is 0 Å². The lowest BCUT2D eigenvalue weighted by atomic mass is 10.1. The number of halogens is 1. The summed E-state index contributed by atoms with van der Waals surface area (Å²) in [4.78, 5) is 4.67. The molecule has 6 heteroatoms. The van der Waals surface area contributed by atoms with Crippen LogP contribution in [0.5, 0.6) is 0 Å². The minimum absolute atomic E-state index is 0.0351. The maximum Gasteiger partial charge on any atom is 0.165 e. The quantitative estimate of drug-likeness (QED) is 0.777. The van der Waals surface area contributed by atoms with Crippen molar-refractivity contribution < 1.29 is 9.50 Å². The van der Waals surface area contributed by atoms with Crippen LogP contribution in [0.4, 0.5) is 10.2 Å². The molecule has 1 aromatic carbocycles. The third kappa shape index (κ3) is 2.66. The monoisotopic (exact) mass is 314 g/mol. The third-order valence-corrected chi connectivity index (χ3v) is 3.96. The molecule has 2 N–H and O–H groups in total. The highest BCUT2D eigenvalue weighted by Gasteiger charge is 2.18. The first-order valence-corrected chi connectivity index (χ1v) is 7.50. The third-order valence-electron chi connectivity index (χ3n) is 3.96. The molecule has 0 amide bonds. The van der Waals surface area contributed by atoms with E-state index < -0.39 is 0 Å². The predicted octanol–water partition coefficient (Wildman–Crippen LogP) is 2.86. The Morgan fingerprint density at radius 1 is 1.13 bits per heavy atom. The van der Waals surface area contributed by atoms with Gasteiger partial charge in [0.1, 0.15) is 11.6 Å². The molecule has 2 aromatic heterocycles. The van der Waals surface area contributed by atoms with Gasteiger partial charge in [-0.05, 0) is 38.5 Å². The molecule has 0 aliphatic rings. The van der Waals surface area contributed by atoms with Crippen molar-refractivity contribution in [2.75, 3.05) is 18.5 Å². The minimum Gasteiger partial charge on any atom is -0.395 e. The molecule has 23 heavy (non-hydrogen) atoms. The summed E-state index contributed by atoms with van der Waals surface area (Å²) >= 11 is 0. The van der Waals surface area contributed by atoms with E-state index in [1.165, 1.54) is 12.1 Å². The lowest BCUT2D eigenvalue weighted by Gasteiger charge is -2.12. The van der Waals surface area contributed by atoms with Gasteiger partial charge in [-0.15, -0.1) is 0 Å². The Morgan fingerprint density at radius 3 is 2.48 bits per heavy atom. The van der Waals surface area contributed by atoms with Crippen LogP contribution in [0.1, 0.15) is 17.0 Å². The van der Waals surface area contributed by atoms with Crippen LogP contribution in [0, 0.1) is 26.6 Å². The summed E-state index contributed by atoms with van der Waals surface area (Å²) in [6, 6.07) is 6.34. The second-order valence-corrected chi connectivity index (χ2v) is 5.52. The van der Waals surface area contributed by atoms with Crippen LogP contribution < -0.4 is 5.32 Å². The smallest absolute Gasteiger partial charge is 0.165 e. The predicted molar refractivity (Wildman–Crippen MR) is 88.2 cm³/mol. The molecular weight excluding hydrogens is 295 g/mol. The number of benzene rings is 1. The van der Waals surface area contributed by atoms with Crippen LogP contribution in [0.15, 0.2) is 24.3 Å². The molecule has 0 atom stereocenters. The number of nitrogens with one attached hydrogen (secondary N) is 1. The van der Waals surface area contributed by atoms with Crippen LogP contribution in [0.2, 0.25) is 0 Å². The molecule has 5 nitrogen and oxygen atoms in total. The molecule has 0 spiro atoms. The van der Waals surface area contributed by atoms with E-state index in [0.29, 0.717) is 6.54 Å². The molecule has 0 aliphatic heterocycles. The van der Waals surface area contributed by atoms with Gasteiger partial charge in [-0.3, -0.25) is 0 Å². The number of hydrogen-bond acceptors (Lipinski definition) is 4. The topological polar surface area (TPSA) is 62.5 Å².